The van der Waals surface area contributed by atoms with Gasteiger partial charge in [0.25, 0.3) is 0 Å². The highest BCUT2D eigenvalue weighted by atomic mass is 16.6. The number of carbonyl (C=O) groups excluding carboxylic acids is 1. The van der Waals surface area contributed by atoms with Crippen molar-refractivity contribution in [3.63, 3.8) is 0 Å². The van der Waals surface area contributed by atoms with E-state index in [1.165, 1.54) is 0 Å². The van der Waals surface area contributed by atoms with Crippen LogP contribution in [0.25, 0.3) is 0 Å². The molecule has 0 aromatic heterocycles. The molecule has 1 aromatic carbocycles. The van der Waals surface area contributed by atoms with Gasteiger partial charge in [0.2, 0.25) is 0 Å². The topological polar surface area (TPSA) is 51.2 Å². The van der Waals surface area contributed by atoms with Gasteiger partial charge in [-0.2, -0.15) is 0 Å². The molecule has 0 N–H and O–H groups in total. The van der Waals surface area contributed by atoms with Gasteiger partial charge in [-0.25, -0.2) is 4.79 Å². The van der Waals surface area contributed by atoms with E-state index in [2.05, 4.69) is 25.7 Å². The summed E-state index contributed by atoms with van der Waals surface area (Å²) in [6.45, 7) is 11.1. The Kier molecular flexibility index (Phi) is 6.13. The van der Waals surface area contributed by atoms with Crippen LogP contribution in [0.5, 0.6) is 0 Å². The summed E-state index contributed by atoms with van der Waals surface area (Å²) < 4.78 is 17.3. The van der Waals surface area contributed by atoms with Crippen molar-refractivity contribution in [2.75, 3.05) is 32.8 Å². The van der Waals surface area contributed by atoms with Crippen LogP contribution in [0.15, 0.2) is 30.3 Å². The first-order valence-corrected chi connectivity index (χ1v) is 10.9. The molecule has 4 rings (SSSR count). The van der Waals surface area contributed by atoms with Crippen LogP contribution in [-0.4, -0.2) is 66.6 Å². The highest BCUT2D eigenvalue weighted by Crippen LogP contribution is 2.36. The third kappa shape index (κ3) is 5.11. The highest BCUT2D eigenvalue weighted by molar-refractivity contribution is 5.67. The second kappa shape index (κ2) is 8.62. The summed E-state index contributed by atoms with van der Waals surface area (Å²) in [5, 5.41) is 0. The molecule has 6 heteroatoms. The lowest BCUT2D eigenvalue weighted by Crippen LogP contribution is -2.66. The first-order valence-electron chi connectivity index (χ1n) is 10.9. The molecule has 0 spiro atoms. The number of likely N-dealkylation sites (tertiary alicyclic amines) is 2. The Hall–Kier alpha value is -1.63. The maximum absolute atomic E-state index is 12.3. The van der Waals surface area contributed by atoms with E-state index in [-0.39, 0.29) is 24.0 Å². The van der Waals surface area contributed by atoms with Gasteiger partial charge in [-0.15, -0.1) is 0 Å². The first kappa shape index (κ1) is 20.6. The molecule has 0 aliphatic carbocycles. The minimum atomic E-state index is -0.187. The lowest BCUT2D eigenvalue weighted by atomic mass is 9.79. The number of rotatable bonds is 5. The van der Waals surface area contributed by atoms with Gasteiger partial charge in [-0.05, 0) is 51.0 Å². The average molecular weight is 403 g/mol. The summed E-state index contributed by atoms with van der Waals surface area (Å²) in [4.78, 5) is 16.6. The summed E-state index contributed by atoms with van der Waals surface area (Å²) in [5.41, 5.74) is 0.899. The Morgan fingerprint density at radius 1 is 1.10 bits per heavy atom. The monoisotopic (exact) mass is 402 g/mol. The van der Waals surface area contributed by atoms with Crippen LogP contribution in [0.4, 0.5) is 4.79 Å². The number of carbonyl (C=O) groups is 1. The zero-order chi connectivity index (χ0) is 20.4. The predicted octanol–water partition coefficient (Wildman–Crippen LogP) is 3.51. The van der Waals surface area contributed by atoms with Crippen LogP contribution in [-0.2, 0) is 20.8 Å². The van der Waals surface area contributed by atoms with Crippen molar-refractivity contribution in [3.05, 3.63) is 35.9 Å². The summed E-state index contributed by atoms with van der Waals surface area (Å²) in [5.74, 6) is 1.39. The van der Waals surface area contributed by atoms with Gasteiger partial charge in [0.15, 0.2) is 0 Å². The standard InChI is InChI=1S/C23H34N2O4/c1-23(2,3)29-20-16-27-21(20)25-13-19(14-25)18-9-11-24(12-10-18)22(26)28-15-17-7-5-4-6-8-17/h4-8,18-21H,9-16H2,1-3H3. The maximum atomic E-state index is 12.3. The van der Waals surface area contributed by atoms with Gasteiger partial charge in [0.1, 0.15) is 18.9 Å². The second-order valence-corrected chi connectivity index (χ2v) is 9.57. The summed E-state index contributed by atoms with van der Waals surface area (Å²) in [6, 6.07) is 9.84. The maximum Gasteiger partial charge on any atom is 0.410 e. The number of amides is 1. The fourth-order valence-corrected chi connectivity index (χ4v) is 4.57. The Balaban J connectivity index is 1.15. The summed E-state index contributed by atoms with van der Waals surface area (Å²) >= 11 is 0. The summed E-state index contributed by atoms with van der Waals surface area (Å²) in [7, 11) is 0. The number of ether oxygens (including phenoxy) is 3. The van der Waals surface area contributed by atoms with Crippen molar-refractivity contribution in [2.45, 2.75) is 58.2 Å². The average Bonchev–Trinajstić information content (AvgIpc) is 2.66. The van der Waals surface area contributed by atoms with E-state index in [1.807, 2.05) is 35.2 Å². The summed E-state index contributed by atoms with van der Waals surface area (Å²) in [6.07, 6.45) is 2.25. The molecule has 160 valence electrons. The Labute approximate surface area is 174 Å². The van der Waals surface area contributed by atoms with Gasteiger partial charge in [-0.1, -0.05) is 30.3 Å². The predicted molar refractivity (Wildman–Crippen MR) is 110 cm³/mol. The van der Waals surface area contributed by atoms with Crippen LogP contribution in [0.1, 0.15) is 39.2 Å². The number of nitrogens with zero attached hydrogens (tertiary/aromatic N) is 2. The van der Waals surface area contributed by atoms with Crippen molar-refractivity contribution < 1.29 is 19.0 Å². The van der Waals surface area contributed by atoms with E-state index in [9.17, 15) is 4.79 Å². The molecule has 2 atom stereocenters. The zero-order valence-corrected chi connectivity index (χ0v) is 17.9. The van der Waals surface area contributed by atoms with Gasteiger partial charge in [-0.3, -0.25) is 4.90 Å². The van der Waals surface area contributed by atoms with Crippen molar-refractivity contribution >= 4 is 6.09 Å². The fourth-order valence-electron chi connectivity index (χ4n) is 4.57. The van der Waals surface area contributed by atoms with Gasteiger partial charge >= 0.3 is 6.09 Å². The molecular formula is C23H34N2O4. The molecule has 2 unspecified atom stereocenters. The number of benzene rings is 1. The normalized spacial score (nSPS) is 26.7. The molecule has 3 aliphatic heterocycles. The SMILES string of the molecule is CC(C)(C)OC1COC1N1CC(C2CCN(C(=O)OCc3ccccc3)CC2)C1. The molecule has 29 heavy (non-hydrogen) atoms. The number of hydrogen-bond acceptors (Lipinski definition) is 5. The van der Waals surface area contributed by atoms with Gasteiger partial charge in [0, 0.05) is 26.2 Å². The Morgan fingerprint density at radius 3 is 2.38 bits per heavy atom. The molecular weight excluding hydrogens is 368 g/mol. The van der Waals surface area contributed by atoms with Crippen molar-refractivity contribution in [3.8, 4) is 0 Å². The molecule has 0 radical (unpaired) electrons. The van der Waals surface area contributed by atoms with Crippen LogP contribution in [0.3, 0.4) is 0 Å². The molecule has 3 aliphatic rings. The van der Waals surface area contributed by atoms with Crippen LogP contribution in [0.2, 0.25) is 0 Å². The highest BCUT2D eigenvalue weighted by Gasteiger charge is 2.46. The van der Waals surface area contributed by atoms with E-state index in [4.69, 9.17) is 14.2 Å². The first-order chi connectivity index (χ1) is 13.9. The molecule has 6 nitrogen and oxygen atoms in total. The smallest absolute Gasteiger partial charge is 0.410 e. The van der Waals surface area contributed by atoms with Crippen LogP contribution < -0.4 is 0 Å². The molecule has 3 saturated heterocycles. The molecule has 0 bridgehead atoms. The molecule has 3 fully saturated rings. The van der Waals surface area contributed by atoms with E-state index in [0.717, 1.165) is 44.6 Å². The van der Waals surface area contributed by atoms with Crippen LogP contribution >= 0.6 is 0 Å². The lowest BCUT2D eigenvalue weighted by Gasteiger charge is -2.54. The third-order valence-corrected chi connectivity index (χ3v) is 6.22. The van der Waals surface area contributed by atoms with E-state index < -0.39 is 0 Å². The van der Waals surface area contributed by atoms with Crippen molar-refractivity contribution in [1.82, 2.24) is 9.80 Å². The van der Waals surface area contributed by atoms with Crippen LogP contribution in [0, 0.1) is 11.8 Å². The molecule has 1 amide bonds. The largest absolute Gasteiger partial charge is 0.445 e. The Bertz CT molecular complexity index is 676. The quantitative estimate of drug-likeness (QED) is 0.754. The fraction of sp³-hybridized carbons (Fsp3) is 0.696. The van der Waals surface area contributed by atoms with E-state index >= 15 is 0 Å². The van der Waals surface area contributed by atoms with Crippen molar-refractivity contribution in [1.29, 1.82) is 0 Å². The van der Waals surface area contributed by atoms with Crippen molar-refractivity contribution in [2.24, 2.45) is 11.8 Å². The van der Waals surface area contributed by atoms with E-state index in [1.54, 1.807) is 0 Å². The number of hydrogen-bond donors (Lipinski definition) is 0. The lowest BCUT2D eigenvalue weighted by molar-refractivity contribution is -0.287. The second-order valence-electron chi connectivity index (χ2n) is 9.57. The minimum absolute atomic E-state index is 0.124. The molecule has 0 saturated carbocycles. The zero-order valence-electron chi connectivity index (χ0n) is 17.9. The molecule has 3 heterocycles. The Morgan fingerprint density at radius 2 is 1.79 bits per heavy atom. The van der Waals surface area contributed by atoms with Gasteiger partial charge < -0.3 is 19.1 Å². The van der Waals surface area contributed by atoms with E-state index in [0.29, 0.717) is 25.0 Å². The number of piperidine rings is 1. The molecule has 1 aromatic rings. The van der Waals surface area contributed by atoms with Gasteiger partial charge in [0.05, 0.1) is 12.2 Å². The minimum Gasteiger partial charge on any atom is -0.445 e. The third-order valence-electron chi connectivity index (χ3n) is 6.22.